The van der Waals surface area contributed by atoms with Gasteiger partial charge in [-0.15, -0.1) is 0 Å². The number of benzene rings is 1. The molecule has 0 saturated heterocycles. The van der Waals surface area contributed by atoms with E-state index in [-0.39, 0.29) is 17.0 Å². The van der Waals surface area contributed by atoms with E-state index in [2.05, 4.69) is 4.98 Å². The zero-order valence-electron chi connectivity index (χ0n) is 13.1. The van der Waals surface area contributed by atoms with Crippen LogP contribution in [0.2, 0.25) is 0 Å². The van der Waals surface area contributed by atoms with Crippen LogP contribution in [-0.4, -0.2) is 36.0 Å². The molecule has 1 N–H and O–H groups in total. The van der Waals surface area contributed by atoms with Gasteiger partial charge in [-0.05, 0) is 38.1 Å². The van der Waals surface area contributed by atoms with E-state index in [1.807, 2.05) is 38.1 Å². The van der Waals surface area contributed by atoms with Crippen molar-refractivity contribution in [2.75, 3.05) is 20.2 Å². The molecular weight excluding hydrogens is 280 g/mol. The van der Waals surface area contributed by atoms with Gasteiger partial charge in [0.1, 0.15) is 11.3 Å². The Hall–Kier alpha value is -2.56. The fraction of sp³-hybridized carbons (Fsp3) is 0.294. The third kappa shape index (κ3) is 3.03. The Balaban J connectivity index is 2.42. The van der Waals surface area contributed by atoms with Crippen LogP contribution in [-0.2, 0) is 0 Å². The highest BCUT2D eigenvalue weighted by atomic mass is 16.5. The normalized spacial score (nSPS) is 10.3. The van der Waals surface area contributed by atoms with E-state index in [0.29, 0.717) is 24.5 Å². The minimum atomic E-state index is -0.389. The third-order valence-electron chi connectivity index (χ3n) is 3.59. The first-order valence-corrected chi connectivity index (χ1v) is 7.28. The maximum Gasteiger partial charge on any atom is 0.261 e. The summed E-state index contributed by atoms with van der Waals surface area (Å²) in [5.74, 6) is 0.416. The molecule has 0 fully saturated rings. The van der Waals surface area contributed by atoms with Gasteiger partial charge < -0.3 is 14.6 Å². The molecule has 22 heavy (non-hydrogen) atoms. The molecule has 2 rings (SSSR count). The summed E-state index contributed by atoms with van der Waals surface area (Å²) in [6.45, 7) is 4.92. The lowest BCUT2D eigenvalue weighted by Gasteiger charge is -2.18. The standard InChI is InChI=1S/C17H20N2O3/c1-4-19(5-2)17(21)13-10-11-14(18-16(13)20)12-8-6-7-9-15(12)22-3/h6-11H,4-5H2,1-3H3,(H,18,20). The Morgan fingerprint density at radius 3 is 2.41 bits per heavy atom. The number of pyridine rings is 1. The Morgan fingerprint density at radius 1 is 1.14 bits per heavy atom. The van der Waals surface area contributed by atoms with Crippen LogP contribution in [0.3, 0.4) is 0 Å². The smallest absolute Gasteiger partial charge is 0.261 e. The van der Waals surface area contributed by atoms with Gasteiger partial charge in [-0.2, -0.15) is 0 Å². The molecule has 0 aliphatic rings. The van der Waals surface area contributed by atoms with E-state index >= 15 is 0 Å². The second-order valence-electron chi connectivity index (χ2n) is 4.79. The number of carbonyl (C=O) groups excluding carboxylic acids is 1. The van der Waals surface area contributed by atoms with E-state index in [1.165, 1.54) is 0 Å². The molecule has 116 valence electrons. The lowest BCUT2D eigenvalue weighted by molar-refractivity contribution is 0.0771. The number of nitrogens with zero attached hydrogens (tertiary/aromatic N) is 1. The van der Waals surface area contributed by atoms with Crippen molar-refractivity contribution in [1.82, 2.24) is 9.88 Å². The fourth-order valence-corrected chi connectivity index (χ4v) is 2.35. The number of aromatic nitrogens is 1. The number of aromatic amines is 1. The molecule has 0 aliphatic carbocycles. The molecule has 0 radical (unpaired) electrons. The summed E-state index contributed by atoms with van der Waals surface area (Å²) < 4.78 is 5.29. The quantitative estimate of drug-likeness (QED) is 0.923. The largest absolute Gasteiger partial charge is 0.496 e. The first kappa shape index (κ1) is 15.8. The fourth-order valence-electron chi connectivity index (χ4n) is 2.35. The average molecular weight is 300 g/mol. The minimum Gasteiger partial charge on any atom is -0.496 e. The van der Waals surface area contributed by atoms with Crippen molar-refractivity contribution < 1.29 is 9.53 Å². The summed E-state index contributed by atoms with van der Waals surface area (Å²) in [5, 5.41) is 0. The van der Waals surface area contributed by atoms with Gasteiger partial charge in [-0.25, -0.2) is 0 Å². The van der Waals surface area contributed by atoms with Gasteiger partial charge in [0.05, 0.1) is 12.8 Å². The van der Waals surface area contributed by atoms with Gasteiger partial charge >= 0.3 is 0 Å². The van der Waals surface area contributed by atoms with Crippen molar-refractivity contribution in [3.05, 3.63) is 52.3 Å². The van der Waals surface area contributed by atoms with Crippen LogP contribution in [0.15, 0.2) is 41.2 Å². The molecule has 0 spiro atoms. The Labute approximate surface area is 129 Å². The molecule has 0 aliphatic heterocycles. The average Bonchev–Trinajstić information content (AvgIpc) is 2.55. The van der Waals surface area contributed by atoms with Gasteiger partial charge in [0.2, 0.25) is 0 Å². The first-order chi connectivity index (χ1) is 10.6. The SMILES string of the molecule is CCN(CC)C(=O)c1ccc(-c2ccccc2OC)[nH]c1=O. The van der Waals surface area contributed by atoms with Crippen LogP contribution in [0.25, 0.3) is 11.3 Å². The summed E-state index contributed by atoms with van der Waals surface area (Å²) in [6, 6.07) is 10.7. The molecule has 1 heterocycles. The van der Waals surface area contributed by atoms with E-state index in [9.17, 15) is 9.59 Å². The molecule has 0 saturated carbocycles. The molecule has 0 bridgehead atoms. The second-order valence-corrected chi connectivity index (χ2v) is 4.79. The predicted molar refractivity (Wildman–Crippen MR) is 86.3 cm³/mol. The molecule has 0 unspecified atom stereocenters. The highest BCUT2D eigenvalue weighted by Gasteiger charge is 2.17. The van der Waals surface area contributed by atoms with Crippen LogP contribution >= 0.6 is 0 Å². The summed E-state index contributed by atoms with van der Waals surface area (Å²) in [6.07, 6.45) is 0. The lowest BCUT2D eigenvalue weighted by atomic mass is 10.1. The maximum absolute atomic E-state index is 12.3. The van der Waals surface area contributed by atoms with Crippen LogP contribution in [0.1, 0.15) is 24.2 Å². The number of H-pyrrole nitrogens is 1. The predicted octanol–water partition coefficient (Wildman–Crippen LogP) is 2.53. The zero-order chi connectivity index (χ0) is 16.1. The van der Waals surface area contributed by atoms with Crippen LogP contribution in [0.5, 0.6) is 5.75 Å². The highest BCUT2D eigenvalue weighted by molar-refractivity contribution is 5.94. The number of methoxy groups -OCH3 is 1. The number of carbonyl (C=O) groups is 1. The summed E-state index contributed by atoms with van der Waals surface area (Å²) in [5.41, 5.74) is 1.17. The van der Waals surface area contributed by atoms with Gasteiger partial charge in [-0.3, -0.25) is 9.59 Å². The minimum absolute atomic E-state index is 0.155. The first-order valence-electron chi connectivity index (χ1n) is 7.28. The lowest BCUT2D eigenvalue weighted by Crippen LogP contribution is -2.34. The van der Waals surface area contributed by atoms with Crippen LogP contribution < -0.4 is 10.3 Å². The van der Waals surface area contributed by atoms with Crippen LogP contribution in [0, 0.1) is 0 Å². The van der Waals surface area contributed by atoms with Crippen molar-refractivity contribution in [1.29, 1.82) is 0 Å². The Morgan fingerprint density at radius 2 is 1.82 bits per heavy atom. The van der Waals surface area contributed by atoms with E-state index in [1.54, 1.807) is 24.1 Å². The number of rotatable bonds is 5. The van der Waals surface area contributed by atoms with Crippen molar-refractivity contribution in [2.24, 2.45) is 0 Å². The number of nitrogens with one attached hydrogen (secondary N) is 1. The van der Waals surface area contributed by atoms with E-state index < -0.39 is 0 Å². The monoisotopic (exact) mass is 300 g/mol. The van der Waals surface area contributed by atoms with Gasteiger partial charge in [0.15, 0.2) is 0 Å². The van der Waals surface area contributed by atoms with Crippen molar-refractivity contribution in [3.63, 3.8) is 0 Å². The second kappa shape index (κ2) is 6.93. The number of para-hydroxylation sites is 1. The van der Waals surface area contributed by atoms with E-state index in [0.717, 1.165) is 5.56 Å². The number of amides is 1. The number of hydrogen-bond acceptors (Lipinski definition) is 3. The molecule has 1 aromatic heterocycles. The maximum atomic E-state index is 12.3. The summed E-state index contributed by atoms with van der Waals surface area (Å²) in [4.78, 5) is 28.9. The molecule has 5 heteroatoms. The van der Waals surface area contributed by atoms with Gasteiger partial charge in [0, 0.05) is 18.7 Å². The topological polar surface area (TPSA) is 62.4 Å². The number of hydrogen-bond donors (Lipinski definition) is 1. The summed E-state index contributed by atoms with van der Waals surface area (Å²) in [7, 11) is 1.58. The molecular formula is C17H20N2O3. The highest BCUT2D eigenvalue weighted by Crippen LogP contribution is 2.27. The molecule has 1 aromatic carbocycles. The van der Waals surface area contributed by atoms with Crippen molar-refractivity contribution >= 4 is 5.91 Å². The molecule has 1 amide bonds. The van der Waals surface area contributed by atoms with Crippen molar-refractivity contribution in [3.8, 4) is 17.0 Å². The Kier molecular flexibility index (Phi) is 4.99. The van der Waals surface area contributed by atoms with Crippen molar-refractivity contribution in [2.45, 2.75) is 13.8 Å². The van der Waals surface area contributed by atoms with E-state index in [4.69, 9.17) is 4.74 Å². The molecule has 0 atom stereocenters. The van der Waals surface area contributed by atoms with Gasteiger partial charge in [-0.1, -0.05) is 12.1 Å². The molecule has 5 nitrogen and oxygen atoms in total. The van der Waals surface area contributed by atoms with Crippen LogP contribution in [0.4, 0.5) is 0 Å². The zero-order valence-corrected chi connectivity index (χ0v) is 13.1. The summed E-state index contributed by atoms with van der Waals surface area (Å²) >= 11 is 0. The third-order valence-corrected chi connectivity index (χ3v) is 3.59. The molecule has 2 aromatic rings. The number of ether oxygens (including phenoxy) is 1. The van der Waals surface area contributed by atoms with Gasteiger partial charge in [0.25, 0.3) is 11.5 Å². The Bertz CT molecular complexity index is 718.